The first-order valence-electron chi connectivity index (χ1n) is 10.2. The molecule has 2 aromatic heterocycles. The molecule has 0 saturated heterocycles. The Bertz CT molecular complexity index is 1050. The molecular weight excluding hydrogens is 382 g/mol. The number of esters is 1. The number of rotatable bonds is 6. The van der Waals surface area contributed by atoms with Gasteiger partial charge in [0.05, 0.1) is 29.3 Å². The van der Waals surface area contributed by atoms with Crippen molar-refractivity contribution in [3.05, 3.63) is 59.5 Å². The van der Waals surface area contributed by atoms with E-state index >= 15 is 0 Å². The number of anilines is 1. The Kier molecular flexibility index (Phi) is 5.65. The SMILES string of the molecule is Cc1nn(-c2ccccc2)c(C)c1C(=O)OCC(=O)Nc1ccnn1C1CCCC1. The van der Waals surface area contributed by atoms with Crippen molar-refractivity contribution in [2.24, 2.45) is 0 Å². The summed E-state index contributed by atoms with van der Waals surface area (Å²) < 4.78 is 8.83. The molecule has 0 bridgehead atoms. The molecule has 0 radical (unpaired) electrons. The van der Waals surface area contributed by atoms with Gasteiger partial charge in [0.1, 0.15) is 11.4 Å². The van der Waals surface area contributed by atoms with E-state index in [9.17, 15) is 9.59 Å². The van der Waals surface area contributed by atoms with Gasteiger partial charge in [0.25, 0.3) is 5.91 Å². The Labute approximate surface area is 174 Å². The van der Waals surface area contributed by atoms with Crippen LogP contribution in [0, 0.1) is 13.8 Å². The largest absolute Gasteiger partial charge is 0.452 e. The summed E-state index contributed by atoms with van der Waals surface area (Å²) in [5, 5.41) is 11.6. The van der Waals surface area contributed by atoms with Gasteiger partial charge >= 0.3 is 5.97 Å². The van der Waals surface area contributed by atoms with Gasteiger partial charge in [0.15, 0.2) is 6.61 Å². The van der Waals surface area contributed by atoms with Crippen LogP contribution in [0.3, 0.4) is 0 Å². The van der Waals surface area contributed by atoms with Crippen molar-refractivity contribution in [2.75, 3.05) is 11.9 Å². The van der Waals surface area contributed by atoms with E-state index in [1.807, 2.05) is 41.9 Å². The second kappa shape index (κ2) is 8.52. The Hall–Kier alpha value is -3.42. The number of aryl methyl sites for hydroxylation is 1. The molecule has 3 aromatic rings. The van der Waals surface area contributed by atoms with Gasteiger partial charge < -0.3 is 10.1 Å². The molecule has 30 heavy (non-hydrogen) atoms. The van der Waals surface area contributed by atoms with Crippen LogP contribution in [0.4, 0.5) is 5.82 Å². The van der Waals surface area contributed by atoms with Crippen LogP contribution in [-0.4, -0.2) is 38.0 Å². The van der Waals surface area contributed by atoms with Gasteiger partial charge in [0.2, 0.25) is 0 Å². The van der Waals surface area contributed by atoms with Gasteiger partial charge in [-0.2, -0.15) is 10.2 Å². The number of aromatic nitrogens is 4. The van der Waals surface area contributed by atoms with Gasteiger partial charge in [-0.15, -0.1) is 0 Å². The summed E-state index contributed by atoms with van der Waals surface area (Å²) in [5.41, 5.74) is 2.46. The zero-order valence-electron chi connectivity index (χ0n) is 17.2. The molecule has 1 saturated carbocycles. The Balaban J connectivity index is 1.40. The van der Waals surface area contributed by atoms with Crippen LogP contribution in [0.25, 0.3) is 5.69 Å². The van der Waals surface area contributed by atoms with Crippen LogP contribution in [0.2, 0.25) is 0 Å². The molecule has 0 aliphatic heterocycles. The highest BCUT2D eigenvalue weighted by Crippen LogP contribution is 2.31. The summed E-state index contributed by atoms with van der Waals surface area (Å²) in [6, 6.07) is 11.6. The maximum absolute atomic E-state index is 12.6. The normalized spacial score (nSPS) is 14.1. The van der Waals surface area contributed by atoms with E-state index in [1.54, 1.807) is 23.9 Å². The minimum Gasteiger partial charge on any atom is -0.452 e. The maximum Gasteiger partial charge on any atom is 0.342 e. The summed E-state index contributed by atoms with van der Waals surface area (Å²) in [7, 11) is 0. The monoisotopic (exact) mass is 407 g/mol. The van der Waals surface area contributed by atoms with Crippen LogP contribution < -0.4 is 5.32 Å². The quantitative estimate of drug-likeness (QED) is 0.631. The predicted molar refractivity (Wildman–Crippen MR) is 112 cm³/mol. The molecule has 1 amide bonds. The molecule has 1 aliphatic rings. The van der Waals surface area contributed by atoms with Crippen LogP contribution in [0.1, 0.15) is 53.5 Å². The fourth-order valence-electron chi connectivity index (χ4n) is 3.99. The average Bonchev–Trinajstić information content (AvgIpc) is 3.47. The summed E-state index contributed by atoms with van der Waals surface area (Å²) >= 11 is 0. The molecule has 1 aromatic carbocycles. The van der Waals surface area contributed by atoms with Crippen molar-refractivity contribution in [3.8, 4) is 5.69 Å². The molecule has 0 atom stereocenters. The molecule has 8 heteroatoms. The first kappa shape index (κ1) is 19.9. The van der Waals surface area contributed by atoms with Crippen molar-refractivity contribution in [1.29, 1.82) is 0 Å². The summed E-state index contributed by atoms with van der Waals surface area (Å²) in [4.78, 5) is 25.0. The number of carbonyl (C=O) groups is 2. The summed E-state index contributed by atoms with van der Waals surface area (Å²) in [5.74, 6) is -0.326. The minimum absolute atomic E-state index is 0.312. The van der Waals surface area contributed by atoms with E-state index in [0.29, 0.717) is 28.8 Å². The highest BCUT2D eigenvalue weighted by molar-refractivity contribution is 5.96. The van der Waals surface area contributed by atoms with E-state index in [2.05, 4.69) is 15.5 Å². The van der Waals surface area contributed by atoms with Crippen LogP contribution in [0.5, 0.6) is 0 Å². The van der Waals surface area contributed by atoms with Crippen molar-refractivity contribution in [3.63, 3.8) is 0 Å². The van der Waals surface area contributed by atoms with Crippen molar-refractivity contribution < 1.29 is 14.3 Å². The Morgan fingerprint density at radius 2 is 1.87 bits per heavy atom. The number of para-hydroxylation sites is 1. The number of nitrogens with zero attached hydrogens (tertiary/aromatic N) is 4. The van der Waals surface area contributed by atoms with Crippen LogP contribution in [-0.2, 0) is 9.53 Å². The number of benzene rings is 1. The van der Waals surface area contributed by atoms with E-state index in [-0.39, 0.29) is 6.61 Å². The Morgan fingerprint density at radius 1 is 1.13 bits per heavy atom. The van der Waals surface area contributed by atoms with Crippen LogP contribution in [0.15, 0.2) is 42.6 Å². The fourth-order valence-corrected chi connectivity index (χ4v) is 3.99. The van der Waals surface area contributed by atoms with Gasteiger partial charge in [-0.3, -0.25) is 4.79 Å². The van der Waals surface area contributed by atoms with Crippen LogP contribution >= 0.6 is 0 Å². The second-order valence-corrected chi connectivity index (χ2v) is 7.52. The van der Waals surface area contributed by atoms with Gasteiger partial charge in [-0.05, 0) is 38.8 Å². The molecule has 8 nitrogen and oxygen atoms in total. The third-order valence-electron chi connectivity index (χ3n) is 5.44. The number of carbonyl (C=O) groups excluding carboxylic acids is 2. The second-order valence-electron chi connectivity index (χ2n) is 7.52. The Morgan fingerprint density at radius 3 is 2.60 bits per heavy atom. The first-order chi connectivity index (χ1) is 14.5. The number of amides is 1. The third kappa shape index (κ3) is 3.98. The van der Waals surface area contributed by atoms with Crippen molar-refractivity contribution in [1.82, 2.24) is 19.6 Å². The lowest BCUT2D eigenvalue weighted by Crippen LogP contribution is -2.23. The maximum atomic E-state index is 12.6. The highest BCUT2D eigenvalue weighted by Gasteiger charge is 2.23. The predicted octanol–water partition coefficient (Wildman–Crippen LogP) is 3.60. The topological polar surface area (TPSA) is 91.0 Å². The number of hydrogen-bond acceptors (Lipinski definition) is 5. The molecule has 1 aliphatic carbocycles. The molecule has 156 valence electrons. The molecule has 1 fully saturated rings. The molecule has 2 heterocycles. The number of hydrogen-bond donors (Lipinski definition) is 1. The zero-order valence-corrected chi connectivity index (χ0v) is 17.2. The summed E-state index contributed by atoms with van der Waals surface area (Å²) in [6.07, 6.45) is 6.13. The van der Waals surface area contributed by atoms with Gasteiger partial charge in [-0.1, -0.05) is 31.0 Å². The van der Waals surface area contributed by atoms with E-state index < -0.39 is 11.9 Å². The molecule has 0 unspecified atom stereocenters. The van der Waals surface area contributed by atoms with Crippen molar-refractivity contribution >= 4 is 17.7 Å². The van der Waals surface area contributed by atoms with Crippen molar-refractivity contribution in [2.45, 2.75) is 45.6 Å². The van der Waals surface area contributed by atoms with Gasteiger partial charge in [-0.25, -0.2) is 14.2 Å². The summed E-state index contributed by atoms with van der Waals surface area (Å²) in [6.45, 7) is 3.19. The third-order valence-corrected chi connectivity index (χ3v) is 5.44. The lowest BCUT2D eigenvalue weighted by atomic mass is 10.2. The minimum atomic E-state index is -0.563. The highest BCUT2D eigenvalue weighted by atomic mass is 16.5. The zero-order chi connectivity index (χ0) is 21.1. The molecule has 0 spiro atoms. The smallest absolute Gasteiger partial charge is 0.342 e. The molecule has 4 rings (SSSR count). The standard InChI is InChI=1S/C22H25N5O3/c1-15-21(16(2)26(25-15)17-8-4-3-5-9-17)22(29)30-14-20(28)24-19-12-13-23-27(19)18-10-6-7-11-18/h3-5,8-9,12-13,18H,6-7,10-11,14H2,1-2H3,(H,24,28). The number of nitrogens with one attached hydrogen (secondary N) is 1. The average molecular weight is 407 g/mol. The van der Waals surface area contributed by atoms with E-state index in [1.165, 1.54) is 12.8 Å². The molecule has 1 N–H and O–H groups in total. The van der Waals surface area contributed by atoms with E-state index in [0.717, 1.165) is 18.5 Å². The lowest BCUT2D eigenvalue weighted by molar-refractivity contribution is -0.119. The molecular formula is C22H25N5O3. The fraction of sp³-hybridized carbons (Fsp3) is 0.364. The van der Waals surface area contributed by atoms with E-state index in [4.69, 9.17) is 4.74 Å². The lowest BCUT2D eigenvalue weighted by Gasteiger charge is -2.14. The first-order valence-corrected chi connectivity index (χ1v) is 10.2. The van der Waals surface area contributed by atoms with Gasteiger partial charge in [0, 0.05) is 6.07 Å². The number of ether oxygens (including phenoxy) is 1.